The van der Waals surface area contributed by atoms with Crippen molar-refractivity contribution in [3.8, 4) is 17.2 Å². The molecule has 5 heteroatoms. The highest BCUT2D eigenvalue weighted by Crippen LogP contribution is 2.20. The number of hydrogen-bond acceptors (Lipinski definition) is 4. The highest BCUT2D eigenvalue weighted by atomic mass is 16.5. The monoisotopic (exact) mass is 405 g/mol. The van der Waals surface area contributed by atoms with Crippen LogP contribution >= 0.6 is 0 Å². The number of para-hydroxylation sites is 1. The molecule has 3 aromatic rings. The van der Waals surface area contributed by atoms with Crippen molar-refractivity contribution in [3.05, 3.63) is 84.4 Å². The van der Waals surface area contributed by atoms with Crippen molar-refractivity contribution in [1.29, 1.82) is 0 Å². The zero-order chi connectivity index (χ0) is 21.2. The van der Waals surface area contributed by atoms with Crippen LogP contribution in [-0.4, -0.2) is 25.2 Å². The maximum atomic E-state index is 12.6. The Bertz CT molecular complexity index is 925. The van der Waals surface area contributed by atoms with Gasteiger partial charge in [-0.15, -0.1) is 0 Å². The number of anilines is 1. The number of aryl methyl sites for hydroxylation is 1. The van der Waals surface area contributed by atoms with Crippen molar-refractivity contribution in [3.63, 3.8) is 0 Å². The second-order valence-electron chi connectivity index (χ2n) is 6.85. The summed E-state index contributed by atoms with van der Waals surface area (Å²) in [4.78, 5) is 12.6. The SMILES string of the molecule is CCC(Oc1ccc(C)cc1)C(=O)Nc1cccc(OCCOc2ccccc2)c1. The molecule has 0 aliphatic heterocycles. The highest BCUT2D eigenvalue weighted by Gasteiger charge is 2.18. The van der Waals surface area contributed by atoms with Crippen LogP contribution in [-0.2, 0) is 4.79 Å². The van der Waals surface area contributed by atoms with E-state index in [1.54, 1.807) is 6.07 Å². The van der Waals surface area contributed by atoms with E-state index in [1.807, 2.05) is 86.6 Å². The summed E-state index contributed by atoms with van der Waals surface area (Å²) in [6.07, 6.45) is -0.0104. The van der Waals surface area contributed by atoms with Crippen LogP contribution in [0.15, 0.2) is 78.9 Å². The van der Waals surface area contributed by atoms with Gasteiger partial charge < -0.3 is 19.5 Å². The summed E-state index contributed by atoms with van der Waals surface area (Å²) < 4.78 is 17.2. The molecule has 156 valence electrons. The van der Waals surface area contributed by atoms with Crippen molar-refractivity contribution in [1.82, 2.24) is 0 Å². The van der Waals surface area contributed by atoms with Crippen LogP contribution in [0.25, 0.3) is 0 Å². The molecule has 3 aromatic carbocycles. The number of amides is 1. The van der Waals surface area contributed by atoms with Crippen LogP contribution in [0.4, 0.5) is 5.69 Å². The van der Waals surface area contributed by atoms with Crippen molar-refractivity contribution in [2.24, 2.45) is 0 Å². The van der Waals surface area contributed by atoms with Crippen molar-refractivity contribution >= 4 is 11.6 Å². The van der Waals surface area contributed by atoms with Crippen LogP contribution in [0, 0.1) is 6.92 Å². The molecule has 0 aliphatic rings. The van der Waals surface area contributed by atoms with Gasteiger partial charge in [-0.3, -0.25) is 4.79 Å². The second-order valence-corrected chi connectivity index (χ2v) is 6.85. The first-order valence-electron chi connectivity index (χ1n) is 10.1. The lowest BCUT2D eigenvalue weighted by Gasteiger charge is -2.18. The largest absolute Gasteiger partial charge is 0.490 e. The molecule has 0 saturated heterocycles. The molecule has 0 radical (unpaired) electrons. The molecule has 0 bridgehead atoms. The molecule has 0 spiro atoms. The van der Waals surface area contributed by atoms with Gasteiger partial charge in [0.15, 0.2) is 6.10 Å². The summed E-state index contributed by atoms with van der Waals surface area (Å²) in [5, 5.41) is 2.91. The van der Waals surface area contributed by atoms with Crippen LogP contribution < -0.4 is 19.5 Å². The summed E-state index contributed by atoms with van der Waals surface area (Å²) in [6, 6.07) is 24.6. The van der Waals surface area contributed by atoms with E-state index >= 15 is 0 Å². The van der Waals surface area contributed by atoms with Gasteiger partial charge in [0.2, 0.25) is 0 Å². The molecule has 0 heterocycles. The quantitative estimate of drug-likeness (QED) is 0.468. The Morgan fingerprint density at radius 3 is 2.20 bits per heavy atom. The first kappa shape index (κ1) is 21.2. The first-order chi connectivity index (χ1) is 14.6. The maximum Gasteiger partial charge on any atom is 0.265 e. The van der Waals surface area contributed by atoms with E-state index in [-0.39, 0.29) is 5.91 Å². The lowest BCUT2D eigenvalue weighted by Crippen LogP contribution is -2.32. The van der Waals surface area contributed by atoms with Crippen LogP contribution in [0.5, 0.6) is 17.2 Å². The molecule has 0 fully saturated rings. The zero-order valence-corrected chi connectivity index (χ0v) is 17.3. The smallest absolute Gasteiger partial charge is 0.265 e. The normalized spacial score (nSPS) is 11.4. The van der Waals surface area contributed by atoms with E-state index in [4.69, 9.17) is 14.2 Å². The summed E-state index contributed by atoms with van der Waals surface area (Å²) >= 11 is 0. The van der Waals surface area contributed by atoms with E-state index < -0.39 is 6.10 Å². The summed E-state index contributed by atoms with van der Waals surface area (Å²) in [5.41, 5.74) is 1.80. The maximum absolute atomic E-state index is 12.6. The molecule has 0 aliphatic carbocycles. The Morgan fingerprint density at radius 1 is 0.833 bits per heavy atom. The molecule has 1 amide bonds. The van der Waals surface area contributed by atoms with Crippen LogP contribution in [0.2, 0.25) is 0 Å². The summed E-state index contributed by atoms with van der Waals surface area (Å²) in [5.74, 6) is 1.96. The molecular weight excluding hydrogens is 378 g/mol. The fourth-order valence-electron chi connectivity index (χ4n) is 2.83. The second kappa shape index (κ2) is 10.9. The van der Waals surface area contributed by atoms with Gasteiger partial charge in [-0.2, -0.15) is 0 Å². The summed E-state index contributed by atoms with van der Waals surface area (Å²) in [7, 11) is 0. The topological polar surface area (TPSA) is 56.8 Å². The van der Waals surface area contributed by atoms with E-state index in [0.29, 0.717) is 36.8 Å². The number of ether oxygens (including phenoxy) is 3. The van der Waals surface area contributed by atoms with Gasteiger partial charge >= 0.3 is 0 Å². The van der Waals surface area contributed by atoms with Gasteiger partial charge in [-0.25, -0.2) is 0 Å². The Labute approximate surface area is 177 Å². The average Bonchev–Trinajstić information content (AvgIpc) is 2.77. The minimum Gasteiger partial charge on any atom is -0.490 e. The minimum absolute atomic E-state index is 0.192. The lowest BCUT2D eigenvalue weighted by molar-refractivity contribution is -0.122. The molecule has 5 nitrogen and oxygen atoms in total. The van der Waals surface area contributed by atoms with Crippen LogP contribution in [0.3, 0.4) is 0 Å². The number of rotatable bonds is 10. The van der Waals surface area contributed by atoms with E-state index in [2.05, 4.69) is 5.32 Å². The van der Waals surface area contributed by atoms with Gasteiger partial charge in [0.25, 0.3) is 5.91 Å². The molecule has 1 atom stereocenters. The van der Waals surface area contributed by atoms with Gasteiger partial charge in [-0.1, -0.05) is 48.9 Å². The fourth-order valence-corrected chi connectivity index (χ4v) is 2.83. The Hall–Kier alpha value is -3.47. The molecule has 0 saturated carbocycles. The van der Waals surface area contributed by atoms with Crippen molar-refractivity contribution in [2.45, 2.75) is 26.4 Å². The number of carbonyl (C=O) groups is 1. The zero-order valence-electron chi connectivity index (χ0n) is 17.3. The van der Waals surface area contributed by atoms with Gasteiger partial charge in [0.05, 0.1) is 0 Å². The van der Waals surface area contributed by atoms with Crippen molar-refractivity contribution in [2.75, 3.05) is 18.5 Å². The standard InChI is InChI=1S/C25H27NO4/c1-3-24(30-22-14-12-19(2)13-15-22)25(27)26-20-8-7-11-23(18-20)29-17-16-28-21-9-5-4-6-10-21/h4-15,18,24H,3,16-17H2,1-2H3,(H,26,27). The van der Waals surface area contributed by atoms with Crippen LogP contribution in [0.1, 0.15) is 18.9 Å². The molecule has 1 unspecified atom stereocenters. The van der Waals surface area contributed by atoms with E-state index in [1.165, 1.54) is 0 Å². The van der Waals surface area contributed by atoms with Crippen molar-refractivity contribution < 1.29 is 19.0 Å². The third kappa shape index (κ3) is 6.55. The molecule has 30 heavy (non-hydrogen) atoms. The summed E-state index contributed by atoms with van der Waals surface area (Å²) in [6.45, 7) is 4.77. The Kier molecular flexibility index (Phi) is 7.72. The Morgan fingerprint density at radius 2 is 1.50 bits per heavy atom. The molecule has 1 N–H and O–H groups in total. The van der Waals surface area contributed by atoms with E-state index in [9.17, 15) is 4.79 Å². The first-order valence-corrected chi connectivity index (χ1v) is 10.1. The minimum atomic E-state index is -0.573. The molecular formula is C25H27NO4. The fraction of sp³-hybridized carbons (Fsp3) is 0.240. The highest BCUT2D eigenvalue weighted by molar-refractivity contribution is 5.94. The predicted octanol–water partition coefficient (Wildman–Crippen LogP) is 5.25. The number of nitrogens with one attached hydrogen (secondary N) is 1. The third-order valence-electron chi connectivity index (χ3n) is 4.43. The molecule has 0 aromatic heterocycles. The number of hydrogen-bond donors (Lipinski definition) is 1. The predicted molar refractivity (Wildman–Crippen MR) is 118 cm³/mol. The third-order valence-corrected chi connectivity index (χ3v) is 4.43. The van der Waals surface area contributed by atoms with Gasteiger partial charge in [-0.05, 0) is 49.7 Å². The van der Waals surface area contributed by atoms with E-state index in [0.717, 1.165) is 11.3 Å². The number of benzene rings is 3. The van der Waals surface area contributed by atoms with Gasteiger partial charge in [0, 0.05) is 11.8 Å². The number of carbonyl (C=O) groups excluding carboxylic acids is 1. The average molecular weight is 405 g/mol. The lowest BCUT2D eigenvalue weighted by atomic mass is 10.2. The Balaban J connectivity index is 1.50. The molecule has 3 rings (SSSR count). The van der Waals surface area contributed by atoms with Gasteiger partial charge in [0.1, 0.15) is 30.5 Å².